The predicted molar refractivity (Wildman–Crippen MR) is 191 cm³/mol. The van der Waals surface area contributed by atoms with Gasteiger partial charge in [-0.1, -0.05) is 0 Å². The molecule has 2 aliphatic rings. The van der Waals surface area contributed by atoms with E-state index in [9.17, 15) is 71.7 Å². The van der Waals surface area contributed by atoms with E-state index in [0.29, 0.717) is 0 Å². The largest absolute Gasteiger partial charge is 3.00 e. The number of nitrogens with zero attached hydrogens (tertiary/aromatic N) is 2. The fourth-order valence-electron chi connectivity index (χ4n) is 5.80. The molecule has 0 spiro atoms. The Morgan fingerprint density at radius 3 is 1.09 bits per heavy atom. The van der Waals surface area contributed by atoms with Crippen molar-refractivity contribution in [3.8, 4) is 11.5 Å². The van der Waals surface area contributed by atoms with Crippen LogP contribution >= 0.6 is 0 Å². The number of carbonyl (C=O) groups excluding carboxylic acids is 2. The maximum Gasteiger partial charge on any atom is 3.00 e. The summed E-state index contributed by atoms with van der Waals surface area (Å²) in [5, 5.41) is 20.8. The van der Waals surface area contributed by atoms with Crippen molar-refractivity contribution in [1.82, 2.24) is 9.97 Å². The van der Waals surface area contributed by atoms with Gasteiger partial charge < -0.3 is 38.4 Å². The molecule has 0 unspecified atom stereocenters. The van der Waals surface area contributed by atoms with Crippen molar-refractivity contribution < 1.29 is 101 Å². The number of fused-ring (bicyclic) bond motifs is 4. The molecule has 0 saturated heterocycles. The van der Waals surface area contributed by atoms with Gasteiger partial charge in [-0.15, -0.1) is 0 Å². The number of benzene rings is 4. The smallest absolute Gasteiger partial charge is 0.744 e. The van der Waals surface area contributed by atoms with Crippen LogP contribution in [0.5, 0.6) is 11.5 Å². The molecule has 0 atom stereocenters. The molecule has 6 aromatic rings. The van der Waals surface area contributed by atoms with E-state index in [4.69, 9.17) is 0 Å². The zero-order chi connectivity index (χ0) is 40.9. The van der Waals surface area contributed by atoms with Gasteiger partial charge in [0.15, 0.2) is 11.5 Å². The minimum Gasteiger partial charge on any atom is -0.744 e. The number of aromatic nitrogens is 2. The number of ketones is 2. The van der Waals surface area contributed by atoms with Crippen molar-refractivity contribution in [3.05, 3.63) is 95.3 Å². The SMILES string of the molecule is O=C1C(c2[nH]c3ccc(S(=O)(=O)[O-])cc3c2O)=Nc2ccc(S(=O)(=O)[O-])cc21.O=C1C(c2[nH]c3ccc(S(=O)(=O)[O-])cc3c2O)=Nc2ccc(S(=O)(=O)[O-])cc21.[Al+3].[Na+]. The van der Waals surface area contributed by atoms with Crippen molar-refractivity contribution >= 4 is 114 Å². The Bertz CT molecular complexity index is 3100. The first-order valence-corrected chi connectivity index (χ1v) is 20.7. The molecule has 58 heavy (non-hydrogen) atoms. The van der Waals surface area contributed by atoms with E-state index in [1.54, 1.807) is 0 Å². The average molecular weight is 891 g/mol. The average Bonchev–Trinajstić information content (AvgIpc) is 3.83. The number of Topliss-reactive ketones (excluding diaryl/α,β-unsaturated/α-hetero) is 2. The maximum absolute atomic E-state index is 12.6. The number of aliphatic imine (C=N–C) groups is 2. The Kier molecular flexibility index (Phi) is 11.7. The van der Waals surface area contributed by atoms with Gasteiger partial charge in [0, 0.05) is 21.8 Å². The molecule has 0 saturated carbocycles. The molecule has 8 rings (SSSR count). The van der Waals surface area contributed by atoms with Crippen LogP contribution in [0, 0.1) is 0 Å². The maximum atomic E-state index is 12.6. The van der Waals surface area contributed by atoms with E-state index >= 15 is 0 Å². The van der Waals surface area contributed by atoms with Crippen LogP contribution < -0.4 is 29.6 Å². The quantitative estimate of drug-likeness (QED) is 0.111. The number of nitrogens with one attached hydrogen (secondary N) is 2. The molecule has 0 amide bonds. The second kappa shape index (κ2) is 15.2. The van der Waals surface area contributed by atoms with E-state index in [2.05, 4.69) is 20.0 Å². The summed E-state index contributed by atoms with van der Waals surface area (Å²) in [6, 6.07) is 12.7. The molecule has 0 bridgehead atoms. The van der Waals surface area contributed by atoms with E-state index in [1.807, 2.05) is 0 Å². The van der Waals surface area contributed by atoms with Crippen molar-refractivity contribution in [1.29, 1.82) is 0 Å². The van der Waals surface area contributed by atoms with E-state index in [1.165, 1.54) is 24.3 Å². The van der Waals surface area contributed by atoms with Crippen LogP contribution in [0.25, 0.3) is 21.8 Å². The normalized spacial score (nSPS) is 13.9. The molecule has 0 fully saturated rings. The first kappa shape index (κ1) is 44.5. The summed E-state index contributed by atoms with van der Waals surface area (Å²) in [7, 11) is -19.1. The zero-order valence-electron chi connectivity index (χ0n) is 28.6. The predicted octanol–water partition coefficient (Wildman–Crippen LogP) is -1.38. The Labute approximate surface area is 358 Å². The standard InChI is InChI=1S/2C16H10N2O8S2.Al.Na/c2*19-15-9-5-7(27(21,22)23)1-3-11(9)17-13(15)14-16(20)10-6-8(28(24,25)26)2-4-12(10)18-14;;/h2*1-6,17,19H,(H,21,22,23)(H,24,25,26);;/q;;+3;+1/p-4. The number of hydrogen-bond donors (Lipinski definition) is 4. The van der Waals surface area contributed by atoms with Gasteiger partial charge >= 0.3 is 46.9 Å². The molecule has 4 heterocycles. The van der Waals surface area contributed by atoms with Gasteiger partial charge in [-0.25, -0.2) is 43.7 Å². The van der Waals surface area contributed by atoms with Crippen molar-refractivity contribution in [3.63, 3.8) is 0 Å². The first-order chi connectivity index (χ1) is 25.9. The molecule has 20 nitrogen and oxygen atoms in total. The summed E-state index contributed by atoms with van der Waals surface area (Å²) >= 11 is 0. The molecular formula is C32H16AlN4NaO16S4. The molecule has 2 aliphatic heterocycles. The number of H-pyrrole nitrogens is 2. The van der Waals surface area contributed by atoms with Crippen molar-refractivity contribution in [2.45, 2.75) is 19.6 Å². The van der Waals surface area contributed by atoms with Crippen LogP contribution in [0.1, 0.15) is 32.1 Å². The van der Waals surface area contributed by atoms with Crippen LogP contribution in [-0.2, 0) is 40.5 Å². The van der Waals surface area contributed by atoms with Crippen molar-refractivity contribution in [2.24, 2.45) is 9.98 Å². The van der Waals surface area contributed by atoms with Gasteiger partial charge in [0.2, 0.25) is 11.6 Å². The van der Waals surface area contributed by atoms with Gasteiger partial charge in [0.1, 0.15) is 63.3 Å². The Morgan fingerprint density at radius 2 is 0.776 bits per heavy atom. The van der Waals surface area contributed by atoms with E-state index < -0.39 is 83.1 Å². The third-order valence-electron chi connectivity index (χ3n) is 8.43. The van der Waals surface area contributed by atoms with Gasteiger partial charge in [-0.3, -0.25) is 9.59 Å². The molecule has 4 aromatic carbocycles. The van der Waals surface area contributed by atoms with Crippen LogP contribution in [-0.4, -0.2) is 112 Å². The number of hydrogen-bond acceptors (Lipinski definition) is 18. The number of aromatic amines is 2. The summed E-state index contributed by atoms with van der Waals surface area (Å²) in [5.74, 6) is -2.48. The Balaban J connectivity index is 0.000000214. The monoisotopic (exact) mass is 890 g/mol. The molecular weight excluding hydrogens is 875 g/mol. The first-order valence-electron chi connectivity index (χ1n) is 15.0. The second-order valence-corrected chi connectivity index (χ2v) is 17.4. The van der Waals surface area contributed by atoms with Crippen LogP contribution in [0.3, 0.4) is 0 Å². The molecule has 2 aromatic heterocycles. The summed E-state index contributed by atoms with van der Waals surface area (Å²) in [6.07, 6.45) is 0. The van der Waals surface area contributed by atoms with E-state index in [-0.39, 0.29) is 114 Å². The number of carbonyl (C=O) groups is 2. The summed E-state index contributed by atoms with van der Waals surface area (Å²) in [5.41, 5.74) is -0.344. The van der Waals surface area contributed by atoms with Gasteiger partial charge in [-0.2, -0.15) is 0 Å². The summed E-state index contributed by atoms with van der Waals surface area (Å²) in [4.78, 5) is 36.5. The fraction of sp³-hybridized carbons (Fsp3) is 0. The third kappa shape index (κ3) is 8.05. The molecule has 0 aliphatic carbocycles. The van der Waals surface area contributed by atoms with E-state index in [0.717, 1.165) is 48.5 Å². The Morgan fingerprint density at radius 1 is 0.483 bits per heavy atom. The van der Waals surface area contributed by atoms with Gasteiger partial charge in [-0.05, 0) is 72.8 Å². The molecule has 4 N–H and O–H groups in total. The van der Waals surface area contributed by atoms with Crippen molar-refractivity contribution in [2.75, 3.05) is 0 Å². The summed E-state index contributed by atoms with van der Waals surface area (Å²) in [6.45, 7) is 0. The fourth-order valence-corrected chi connectivity index (χ4v) is 7.79. The topological polar surface area (TPSA) is 360 Å². The molecule has 0 radical (unpaired) electrons. The van der Waals surface area contributed by atoms with Crippen LogP contribution in [0.15, 0.2) is 102 Å². The second-order valence-electron chi connectivity index (χ2n) is 11.9. The molecule has 26 heteroatoms. The minimum absolute atomic E-state index is 0. The van der Waals surface area contributed by atoms with Crippen LogP contribution in [0.4, 0.5) is 11.4 Å². The molecule has 288 valence electrons. The third-order valence-corrected chi connectivity index (χ3v) is 11.8. The zero-order valence-corrected chi connectivity index (χ0v) is 35.1. The van der Waals surface area contributed by atoms with Gasteiger partial charge in [0.05, 0.1) is 42.1 Å². The summed E-state index contributed by atoms with van der Waals surface area (Å²) < 4.78 is 134. The van der Waals surface area contributed by atoms with Gasteiger partial charge in [0.25, 0.3) is 0 Å². The number of aromatic hydroxyl groups is 2. The Hall–Kier alpha value is -4.59. The van der Waals surface area contributed by atoms with Crippen LogP contribution in [0.2, 0.25) is 0 Å². The minimum atomic E-state index is -4.77. The number of rotatable bonds is 6.